The van der Waals surface area contributed by atoms with E-state index >= 15 is 0 Å². The van der Waals surface area contributed by atoms with E-state index < -0.39 is 0 Å². The molecule has 1 aromatic rings. The number of benzene rings is 1. The Balaban J connectivity index is 2.34. The lowest BCUT2D eigenvalue weighted by molar-refractivity contribution is 0.112. The van der Waals surface area contributed by atoms with Crippen molar-refractivity contribution in [3.05, 3.63) is 35.4 Å². The third-order valence-electron chi connectivity index (χ3n) is 3.75. The van der Waals surface area contributed by atoms with E-state index in [9.17, 15) is 9.90 Å². The van der Waals surface area contributed by atoms with Crippen molar-refractivity contribution in [2.75, 3.05) is 6.61 Å². The number of aliphatic hydroxyl groups excluding tert-OH is 1. The number of rotatable bonds is 3. The minimum Gasteiger partial charge on any atom is -0.395 e. The zero-order valence-corrected chi connectivity index (χ0v) is 9.48. The molecule has 1 aliphatic rings. The molecule has 0 atom stereocenters. The van der Waals surface area contributed by atoms with Gasteiger partial charge in [-0.3, -0.25) is 4.79 Å². The van der Waals surface area contributed by atoms with Gasteiger partial charge < -0.3 is 5.11 Å². The molecule has 1 fully saturated rings. The molecule has 0 bridgehead atoms. The van der Waals surface area contributed by atoms with Crippen LogP contribution in [0.25, 0.3) is 0 Å². The molecule has 2 nitrogen and oxygen atoms in total. The predicted molar refractivity (Wildman–Crippen MR) is 63.7 cm³/mol. The van der Waals surface area contributed by atoms with Crippen LogP contribution in [0.2, 0.25) is 0 Å². The van der Waals surface area contributed by atoms with Crippen molar-refractivity contribution < 1.29 is 9.90 Å². The molecule has 0 unspecified atom stereocenters. The van der Waals surface area contributed by atoms with Crippen molar-refractivity contribution in [2.24, 2.45) is 0 Å². The van der Waals surface area contributed by atoms with Gasteiger partial charge in [-0.15, -0.1) is 0 Å². The van der Waals surface area contributed by atoms with Crippen LogP contribution in [0.1, 0.15) is 48.0 Å². The molecule has 1 N–H and O–H groups in total. The molecule has 0 heterocycles. The van der Waals surface area contributed by atoms with Crippen LogP contribution in [0.15, 0.2) is 24.3 Å². The minimum absolute atomic E-state index is 0.0999. The van der Waals surface area contributed by atoms with E-state index in [1.807, 2.05) is 24.3 Å². The van der Waals surface area contributed by atoms with E-state index in [0.29, 0.717) is 5.56 Å². The minimum atomic E-state index is -0.0999. The molecule has 2 heteroatoms. The van der Waals surface area contributed by atoms with Crippen molar-refractivity contribution in [2.45, 2.75) is 37.5 Å². The summed E-state index contributed by atoms with van der Waals surface area (Å²) < 4.78 is 0. The number of hydrogen-bond donors (Lipinski definition) is 1. The summed E-state index contributed by atoms with van der Waals surface area (Å²) >= 11 is 0. The van der Waals surface area contributed by atoms with Gasteiger partial charge in [-0.1, -0.05) is 37.5 Å². The normalized spacial score (nSPS) is 19.3. The second-order valence-corrected chi connectivity index (χ2v) is 4.74. The van der Waals surface area contributed by atoms with Crippen molar-refractivity contribution in [3.63, 3.8) is 0 Å². The summed E-state index contributed by atoms with van der Waals surface area (Å²) in [6.07, 6.45) is 6.54. The Hall–Kier alpha value is -1.15. The van der Waals surface area contributed by atoms with Gasteiger partial charge in [0.1, 0.15) is 6.29 Å². The van der Waals surface area contributed by atoms with Crippen LogP contribution >= 0.6 is 0 Å². The topological polar surface area (TPSA) is 37.3 Å². The second-order valence-electron chi connectivity index (χ2n) is 4.74. The van der Waals surface area contributed by atoms with Crippen LogP contribution < -0.4 is 0 Å². The largest absolute Gasteiger partial charge is 0.395 e. The first kappa shape index (κ1) is 11.3. The average Bonchev–Trinajstić information content (AvgIpc) is 2.39. The Kier molecular flexibility index (Phi) is 3.39. The standard InChI is InChI=1S/C14H18O2/c15-10-12-5-4-6-13(9-12)14(11-16)7-2-1-3-8-14/h4-6,9-10,16H,1-3,7-8,11H2. The fourth-order valence-corrected chi connectivity index (χ4v) is 2.71. The first-order valence-corrected chi connectivity index (χ1v) is 5.97. The van der Waals surface area contributed by atoms with Crippen LogP contribution in [0.4, 0.5) is 0 Å². The summed E-state index contributed by atoms with van der Waals surface area (Å²) in [5, 5.41) is 9.67. The van der Waals surface area contributed by atoms with Crippen molar-refractivity contribution in [1.82, 2.24) is 0 Å². The highest BCUT2D eigenvalue weighted by atomic mass is 16.3. The molecule has 1 aromatic carbocycles. The second kappa shape index (κ2) is 4.79. The molecule has 0 amide bonds. The zero-order chi connectivity index (χ0) is 11.4. The van der Waals surface area contributed by atoms with Gasteiger partial charge >= 0.3 is 0 Å². The number of carbonyl (C=O) groups is 1. The molecule has 0 aromatic heterocycles. The maximum Gasteiger partial charge on any atom is 0.150 e. The predicted octanol–water partition coefficient (Wildman–Crippen LogP) is 2.69. The zero-order valence-electron chi connectivity index (χ0n) is 9.48. The maximum absolute atomic E-state index is 10.8. The Morgan fingerprint density at radius 3 is 2.62 bits per heavy atom. The molecule has 0 radical (unpaired) electrons. The van der Waals surface area contributed by atoms with Gasteiger partial charge in [-0.25, -0.2) is 0 Å². The van der Waals surface area contributed by atoms with Crippen LogP contribution in [0.5, 0.6) is 0 Å². The first-order valence-electron chi connectivity index (χ1n) is 5.97. The molecular formula is C14H18O2. The quantitative estimate of drug-likeness (QED) is 0.792. The molecule has 86 valence electrons. The lowest BCUT2D eigenvalue weighted by Crippen LogP contribution is -2.33. The maximum atomic E-state index is 10.8. The summed E-state index contributed by atoms with van der Waals surface area (Å²) in [7, 11) is 0. The summed E-state index contributed by atoms with van der Waals surface area (Å²) in [4.78, 5) is 10.8. The number of hydrogen-bond acceptors (Lipinski definition) is 2. The van der Waals surface area contributed by atoms with Gasteiger partial charge in [-0.2, -0.15) is 0 Å². The Morgan fingerprint density at radius 2 is 2.00 bits per heavy atom. The average molecular weight is 218 g/mol. The van der Waals surface area contributed by atoms with Gasteiger partial charge in [0.15, 0.2) is 0 Å². The molecule has 0 saturated heterocycles. The lowest BCUT2D eigenvalue weighted by Gasteiger charge is -2.36. The molecule has 0 spiro atoms. The third-order valence-corrected chi connectivity index (χ3v) is 3.75. The first-order chi connectivity index (χ1) is 7.80. The summed E-state index contributed by atoms with van der Waals surface area (Å²) in [6, 6.07) is 7.68. The van der Waals surface area contributed by atoms with Crippen LogP contribution in [-0.2, 0) is 5.41 Å². The van der Waals surface area contributed by atoms with Gasteiger partial charge in [0.2, 0.25) is 0 Å². The van der Waals surface area contributed by atoms with E-state index in [4.69, 9.17) is 0 Å². The highest BCUT2D eigenvalue weighted by Gasteiger charge is 2.33. The Morgan fingerprint density at radius 1 is 1.25 bits per heavy atom. The fourth-order valence-electron chi connectivity index (χ4n) is 2.71. The van der Waals surface area contributed by atoms with Crippen molar-refractivity contribution in [3.8, 4) is 0 Å². The summed E-state index contributed by atoms with van der Waals surface area (Å²) in [5.41, 5.74) is 1.73. The molecule has 0 aliphatic heterocycles. The van der Waals surface area contributed by atoms with Gasteiger partial charge in [0, 0.05) is 11.0 Å². The third kappa shape index (κ3) is 2.03. The highest BCUT2D eigenvalue weighted by Crippen LogP contribution is 2.39. The molecule has 1 aliphatic carbocycles. The summed E-state index contributed by atoms with van der Waals surface area (Å²) in [5.74, 6) is 0. The smallest absolute Gasteiger partial charge is 0.150 e. The van der Waals surface area contributed by atoms with E-state index in [1.165, 1.54) is 19.3 Å². The Labute approximate surface area is 96.3 Å². The molecular weight excluding hydrogens is 200 g/mol. The van der Waals surface area contributed by atoms with Gasteiger partial charge in [0.25, 0.3) is 0 Å². The van der Waals surface area contributed by atoms with Crippen LogP contribution in [0.3, 0.4) is 0 Å². The van der Waals surface area contributed by atoms with Crippen LogP contribution in [0, 0.1) is 0 Å². The van der Waals surface area contributed by atoms with E-state index in [0.717, 1.165) is 24.7 Å². The number of aliphatic hydroxyl groups is 1. The van der Waals surface area contributed by atoms with Crippen LogP contribution in [-0.4, -0.2) is 18.0 Å². The highest BCUT2D eigenvalue weighted by molar-refractivity contribution is 5.75. The van der Waals surface area contributed by atoms with Crippen molar-refractivity contribution >= 4 is 6.29 Å². The lowest BCUT2D eigenvalue weighted by atomic mass is 9.70. The van der Waals surface area contributed by atoms with Gasteiger partial charge in [0.05, 0.1) is 6.61 Å². The SMILES string of the molecule is O=Cc1cccc(C2(CO)CCCCC2)c1. The Bertz CT molecular complexity index is 365. The number of carbonyl (C=O) groups excluding carboxylic acids is 1. The molecule has 16 heavy (non-hydrogen) atoms. The molecule has 1 saturated carbocycles. The van der Waals surface area contributed by atoms with E-state index in [-0.39, 0.29) is 12.0 Å². The van der Waals surface area contributed by atoms with E-state index in [2.05, 4.69) is 0 Å². The molecule has 2 rings (SSSR count). The fraction of sp³-hybridized carbons (Fsp3) is 0.500. The van der Waals surface area contributed by atoms with Gasteiger partial charge in [-0.05, 0) is 24.5 Å². The summed E-state index contributed by atoms with van der Waals surface area (Å²) in [6.45, 7) is 0.190. The van der Waals surface area contributed by atoms with Crippen molar-refractivity contribution in [1.29, 1.82) is 0 Å². The van der Waals surface area contributed by atoms with E-state index in [1.54, 1.807) is 0 Å². The monoisotopic (exact) mass is 218 g/mol. The number of aldehydes is 1.